The molecular weight excluding hydrogens is 298 g/mol. The number of nitrogens with two attached hydrogens (primary N) is 1. The maximum Gasteiger partial charge on any atom is 0.241 e. The molecule has 0 aromatic heterocycles. The summed E-state index contributed by atoms with van der Waals surface area (Å²) in [7, 11) is -2.47. The fourth-order valence-corrected chi connectivity index (χ4v) is 2.64. The lowest BCUT2D eigenvalue weighted by atomic mass is 10.2. The Hall–Kier alpha value is -1.68. The van der Waals surface area contributed by atoms with Crippen LogP contribution in [0.25, 0.3) is 0 Å². The van der Waals surface area contributed by atoms with Crippen LogP contribution in [0, 0.1) is 0 Å². The number of carbonyl (C=O) groups excluding carboxylic acids is 1. The SMILES string of the molecule is COc1ccc(S(N)(=O)=O)cc1NC(=O)C1CC(O)CN1. The molecule has 5 N–H and O–H groups in total. The molecule has 116 valence electrons. The number of anilines is 1. The summed E-state index contributed by atoms with van der Waals surface area (Å²) in [5.41, 5.74) is 0.206. The van der Waals surface area contributed by atoms with E-state index in [1.807, 2.05) is 0 Å². The number of rotatable bonds is 4. The van der Waals surface area contributed by atoms with Crippen LogP contribution in [-0.2, 0) is 14.8 Å². The highest BCUT2D eigenvalue weighted by Crippen LogP contribution is 2.27. The summed E-state index contributed by atoms with van der Waals surface area (Å²) in [4.78, 5) is 11.9. The first-order valence-electron chi connectivity index (χ1n) is 6.24. The van der Waals surface area contributed by atoms with E-state index in [0.29, 0.717) is 18.7 Å². The average molecular weight is 315 g/mol. The van der Waals surface area contributed by atoms with E-state index in [2.05, 4.69) is 10.6 Å². The average Bonchev–Trinajstić information content (AvgIpc) is 2.84. The summed E-state index contributed by atoms with van der Waals surface area (Å²) in [6.45, 7) is 0.340. The van der Waals surface area contributed by atoms with Crippen molar-refractivity contribution in [1.82, 2.24) is 5.32 Å². The van der Waals surface area contributed by atoms with E-state index >= 15 is 0 Å². The van der Waals surface area contributed by atoms with Gasteiger partial charge in [-0.15, -0.1) is 0 Å². The first-order chi connectivity index (χ1) is 9.81. The van der Waals surface area contributed by atoms with E-state index < -0.39 is 22.2 Å². The van der Waals surface area contributed by atoms with E-state index in [4.69, 9.17) is 9.88 Å². The smallest absolute Gasteiger partial charge is 0.241 e. The Morgan fingerprint density at radius 3 is 2.76 bits per heavy atom. The van der Waals surface area contributed by atoms with Crippen molar-refractivity contribution >= 4 is 21.6 Å². The molecule has 0 aliphatic carbocycles. The maximum atomic E-state index is 12.1. The highest BCUT2D eigenvalue weighted by molar-refractivity contribution is 7.89. The molecule has 8 nitrogen and oxygen atoms in total. The first kappa shape index (κ1) is 15.7. The van der Waals surface area contributed by atoms with Crippen molar-refractivity contribution in [3.05, 3.63) is 18.2 Å². The van der Waals surface area contributed by atoms with Crippen LogP contribution in [0.2, 0.25) is 0 Å². The number of methoxy groups -OCH3 is 1. The van der Waals surface area contributed by atoms with Crippen LogP contribution in [0.5, 0.6) is 5.75 Å². The van der Waals surface area contributed by atoms with Gasteiger partial charge >= 0.3 is 0 Å². The van der Waals surface area contributed by atoms with Gasteiger partial charge in [0.1, 0.15) is 5.75 Å². The number of sulfonamides is 1. The molecule has 21 heavy (non-hydrogen) atoms. The zero-order valence-electron chi connectivity index (χ0n) is 11.4. The van der Waals surface area contributed by atoms with Crippen LogP contribution >= 0.6 is 0 Å². The number of benzene rings is 1. The Morgan fingerprint density at radius 1 is 1.52 bits per heavy atom. The van der Waals surface area contributed by atoms with Crippen molar-refractivity contribution in [2.24, 2.45) is 5.14 Å². The van der Waals surface area contributed by atoms with Crippen LogP contribution < -0.4 is 20.5 Å². The van der Waals surface area contributed by atoms with Gasteiger partial charge in [-0.2, -0.15) is 0 Å². The summed E-state index contributed by atoms with van der Waals surface area (Å²) in [6.07, 6.45) is -0.276. The van der Waals surface area contributed by atoms with E-state index in [1.165, 1.54) is 25.3 Å². The standard InChI is InChI=1S/C12H17N3O5S/c1-20-11-3-2-8(21(13,18)19)5-9(11)15-12(17)10-4-7(16)6-14-10/h2-3,5,7,10,14,16H,4,6H2,1H3,(H,15,17)(H2,13,18,19). The number of amides is 1. The Bertz CT molecular complexity index is 646. The van der Waals surface area contributed by atoms with Crippen LogP contribution in [0.15, 0.2) is 23.1 Å². The summed E-state index contributed by atoms with van der Waals surface area (Å²) in [6, 6.07) is 3.40. The Kier molecular flexibility index (Phi) is 4.47. The first-order valence-corrected chi connectivity index (χ1v) is 7.79. The van der Waals surface area contributed by atoms with E-state index in [1.54, 1.807) is 0 Å². The normalized spacial score (nSPS) is 22.0. The third kappa shape index (κ3) is 3.70. The molecule has 1 fully saturated rings. The zero-order chi connectivity index (χ0) is 15.6. The van der Waals surface area contributed by atoms with E-state index in [-0.39, 0.29) is 16.5 Å². The van der Waals surface area contributed by atoms with Gasteiger partial charge in [0.05, 0.1) is 29.8 Å². The zero-order valence-corrected chi connectivity index (χ0v) is 12.2. The molecule has 1 saturated heterocycles. The summed E-state index contributed by atoms with van der Waals surface area (Å²) >= 11 is 0. The number of hydrogen-bond donors (Lipinski definition) is 4. The molecule has 2 unspecified atom stereocenters. The lowest BCUT2D eigenvalue weighted by molar-refractivity contribution is -0.117. The summed E-state index contributed by atoms with van der Waals surface area (Å²) in [5.74, 6) is -0.0642. The van der Waals surface area contributed by atoms with Gasteiger partial charge in [-0.25, -0.2) is 13.6 Å². The molecule has 1 aliphatic heterocycles. The third-order valence-corrected chi connectivity index (χ3v) is 4.09. The number of hydrogen-bond acceptors (Lipinski definition) is 6. The number of ether oxygens (including phenoxy) is 1. The molecule has 1 amide bonds. The van der Waals surface area contributed by atoms with Crippen LogP contribution in [0.1, 0.15) is 6.42 Å². The van der Waals surface area contributed by atoms with E-state index in [9.17, 15) is 18.3 Å². The van der Waals surface area contributed by atoms with Crippen molar-refractivity contribution in [3.63, 3.8) is 0 Å². The second-order valence-corrected chi connectivity index (χ2v) is 6.31. The number of carbonyl (C=O) groups is 1. The fraction of sp³-hybridized carbons (Fsp3) is 0.417. The van der Waals surface area contributed by atoms with Crippen molar-refractivity contribution in [2.75, 3.05) is 19.0 Å². The number of β-amino-alcohol motifs (C(OH)–C–C–N with tert-alkyl or cyclic N) is 1. The molecule has 9 heteroatoms. The third-order valence-electron chi connectivity index (χ3n) is 3.18. The van der Waals surface area contributed by atoms with Gasteiger partial charge in [-0.3, -0.25) is 4.79 Å². The fourth-order valence-electron chi connectivity index (χ4n) is 2.10. The van der Waals surface area contributed by atoms with Crippen LogP contribution in [0.4, 0.5) is 5.69 Å². The van der Waals surface area contributed by atoms with Gasteiger partial charge < -0.3 is 20.5 Å². The number of aliphatic hydroxyl groups excluding tert-OH is 1. The van der Waals surface area contributed by atoms with Crippen LogP contribution in [-0.4, -0.2) is 45.2 Å². The molecule has 0 spiro atoms. The van der Waals surface area contributed by atoms with Gasteiger partial charge in [-0.05, 0) is 24.6 Å². The molecule has 2 rings (SSSR count). The predicted molar refractivity (Wildman–Crippen MR) is 75.4 cm³/mol. The van der Waals surface area contributed by atoms with Gasteiger partial charge in [0, 0.05) is 6.54 Å². The quantitative estimate of drug-likeness (QED) is 0.564. The molecule has 0 saturated carbocycles. The Morgan fingerprint density at radius 2 is 2.24 bits per heavy atom. The lowest BCUT2D eigenvalue weighted by Gasteiger charge is -2.14. The van der Waals surface area contributed by atoms with Gasteiger partial charge in [0.25, 0.3) is 0 Å². The van der Waals surface area contributed by atoms with Gasteiger partial charge in [0.2, 0.25) is 15.9 Å². The summed E-state index contributed by atoms with van der Waals surface area (Å²) in [5, 5.41) is 19.9. The van der Waals surface area contributed by atoms with Crippen molar-refractivity contribution in [3.8, 4) is 5.75 Å². The van der Waals surface area contributed by atoms with E-state index in [0.717, 1.165) is 0 Å². The Labute approximate surface area is 122 Å². The topological polar surface area (TPSA) is 131 Å². The summed E-state index contributed by atoms with van der Waals surface area (Å²) < 4.78 is 27.8. The molecule has 0 bridgehead atoms. The predicted octanol–water partition coefficient (Wildman–Crippen LogP) is -0.996. The second kappa shape index (κ2) is 5.98. The number of nitrogens with one attached hydrogen (secondary N) is 2. The molecule has 1 aliphatic rings. The monoisotopic (exact) mass is 315 g/mol. The lowest BCUT2D eigenvalue weighted by Crippen LogP contribution is -2.35. The minimum atomic E-state index is -3.88. The minimum absolute atomic E-state index is 0.127. The Balaban J connectivity index is 2.23. The van der Waals surface area contributed by atoms with Crippen LogP contribution in [0.3, 0.4) is 0 Å². The number of aliphatic hydroxyl groups is 1. The largest absolute Gasteiger partial charge is 0.495 e. The molecule has 0 radical (unpaired) electrons. The van der Waals surface area contributed by atoms with Gasteiger partial charge in [-0.1, -0.05) is 0 Å². The van der Waals surface area contributed by atoms with Crippen molar-refractivity contribution < 1.29 is 23.1 Å². The highest BCUT2D eigenvalue weighted by atomic mass is 32.2. The molecular formula is C12H17N3O5S. The molecule has 1 heterocycles. The molecule has 2 atom stereocenters. The minimum Gasteiger partial charge on any atom is -0.495 e. The maximum absolute atomic E-state index is 12.1. The highest BCUT2D eigenvalue weighted by Gasteiger charge is 2.28. The molecule has 1 aromatic carbocycles. The second-order valence-electron chi connectivity index (χ2n) is 4.75. The number of primary sulfonamides is 1. The van der Waals surface area contributed by atoms with Crippen molar-refractivity contribution in [1.29, 1.82) is 0 Å². The van der Waals surface area contributed by atoms with Crippen molar-refractivity contribution in [2.45, 2.75) is 23.5 Å². The van der Waals surface area contributed by atoms with Gasteiger partial charge in [0.15, 0.2) is 0 Å². The molecule has 1 aromatic rings.